The highest BCUT2D eigenvalue weighted by molar-refractivity contribution is 6.31. The largest absolute Gasteiger partial charge is 0.462 e. The third-order valence-corrected chi connectivity index (χ3v) is 20.6. The van der Waals surface area contributed by atoms with Gasteiger partial charge in [0.15, 0.2) is 28.8 Å². The summed E-state index contributed by atoms with van der Waals surface area (Å²) in [6.07, 6.45) is 42.3. The third kappa shape index (κ3) is 15.6. The van der Waals surface area contributed by atoms with E-state index in [2.05, 4.69) is 58.7 Å². The van der Waals surface area contributed by atoms with E-state index in [4.69, 9.17) is 44.5 Å². The summed E-state index contributed by atoms with van der Waals surface area (Å²) in [4.78, 5) is 90.8. The summed E-state index contributed by atoms with van der Waals surface area (Å²) < 4.78 is 21.9. The van der Waals surface area contributed by atoms with Crippen molar-refractivity contribution in [2.75, 3.05) is 6.61 Å². The maximum absolute atomic E-state index is 12.9. The lowest BCUT2D eigenvalue weighted by Crippen LogP contribution is -2.17. The van der Waals surface area contributed by atoms with Crippen LogP contribution in [0.25, 0.3) is 33.5 Å². The first-order valence-electron chi connectivity index (χ1n) is 36.1. The summed E-state index contributed by atoms with van der Waals surface area (Å²) in [5, 5.41) is 25.8. The normalized spacial score (nSPS) is 13.8. The fourth-order valence-electron chi connectivity index (χ4n) is 13.8. The Morgan fingerprint density at radius 3 is 1.19 bits per heavy atom. The first kappa shape index (κ1) is 71.0. The van der Waals surface area contributed by atoms with Crippen LogP contribution in [0, 0.1) is 0 Å². The van der Waals surface area contributed by atoms with E-state index < -0.39 is 5.60 Å². The number of ether oxygens (including phenoxy) is 1. The molecule has 3 fully saturated rings. The summed E-state index contributed by atoms with van der Waals surface area (Å²) in [5.74, 6) is 1.24. The average molecular weight is 1510 g/mol. The van der Waals surface area contributed by atoms with Crippen LogP contribution < -0.4 is 0 Å². The van der Waals surface area contributed by atoms with Crippen LogP contribution in [0.4, 0.5) is 0 Å². The molecule has 3 aliphatic carbocycles. The van der Waals surface area contributed by atoms with E-state index in [0.717, 1.165) is 80.3 Å². The molecule has 15 aromatic rings. The second-order valence-electron chi connectivity index (χ2n) is 28.6. The number of fused-ring (bicyclic) bond motifs is 6. The number of hydrogen-bond donors (Lipinski definition) is 1. The molecule has 548 valence electrons. The number of nitrogens with zero attached hydrogens (tertiary/aromatic N) is 18. The molecule has 15 heterocycles. The van der Waals surface area contributed by atoms with E-state index in [9.17, 15) is 29.1 Å². The lowest BCUT2D eigenvalue weighted by atomic mass is 9.97. The van der Waals surface area contributed by atoms with E-state index in [1.165, 1.54) is 36.8 Å². The van der Waals surface area contributed by atoms with Crippen molar-refractivity contribution in [3.63, 3.8) is 0 Å². The van der Waals surface area contributed by atoms with Gasteiger partial charge in [0.25, 0.3) is 0 Å². The molecule has 1 N–H and O–H groups in total. The molecule has 0 amide bonds. The Labute approximate surface area is 633 Å². The number of pyridine rings is 6. The zero-order chi connectivity index (χ0) is 74.6. The highest BCUT2D eigenvalue weighted by Gasteiger charge is 2.31. The fourth-order valence-corrected chi connectivity index (χ4v) is 14.2. The molecule has 0 unspecified atom stereocenters. The Morgan fingerprint density at radius 1 is 0.472 bits per heavy atom. The standard InChI is InChI=1S/C27H25ClN6O3.C27H27ClN6O2.C26H23ClN6O2/c1-2-37-27(36)22-9-18(17-3-4-17)12-33-14-21(31-26(22)33)15-34-13-19(11-30-34)25(35)6-5-23-24-10-20(28)7-8-32(24)16-29-23;1-27(2,36)22-9-18(17-3-4-17)12-33-14-21(31-26(22)33)15-34-13-19(11-30-34)25(35)6-5-23-24-10-20(28)7-8-32(24)16-29-23;1-16(34)22-8-18(17-2-3-17)11-32-13-21(30-26(22)32)14-33-12-19(10-29-33)25(35)5-4-23-24-9-20(27)6-7-31(24)15-28-23/h7-14,16-17H,2-6,15H2,1H3;7-14,16-17,36H,3-6,15H2,1-2H3;6-13,15,17H,2-5,14H2,1H3. The average Bonchev–Trinajstić information content (AvgIpc) is 1.61. The Balaban J connectivity index is 0.000000124. The fraction of sp³-hybridized carbons (Fsp3) is 0.300. The smallest absolute Gasteiger partial charge is 0.341 e. The molecule has 25 nitrogen and oxygen atoms in total. The molecule has 0 aromatic carbocycles. The molecule has 0 spiro atoms. The van der Waals surface area contributed by atoms with Gasteiger partial charge in [-0.05, 0) is 175 Å². The number of carbonyl (C=O) groups excluding carboxylic acids is 5. The Bertz CT molecular complexity index is 6000. The molecule has 3 saturated carbocycles. The maximum atomic E-state index is 12.9. The van der Waals surface area contributed by atoms with Gasteiger partial charge in [0.2, 0.25) is 0 Å². The SMILES string of the molecule is CC(=O)c1cc(C2CC2)cn2cc(Cn3cc(C(=O)CCc4ncn5ccc(Cl)cc45)cn3)nc12.CC(C)(O)c1cc(C2CC2)cn2cc(Cn3cc(C(=O)CCc4ncn5ccc(Cl)cc45)cn3)nc12.CCOC(=O)c1cc(C2CC2)cn2cc(Cn3cc(C(=O)CCc4ncn5ccc(Cl)cc45)cn3)nc12. The van der Waals surface area contributed by atoms with Gasteiger partial charge < -0.3 is 36.2 Å². The van der Waals surface area contributed by atoms with Crippen molar-refractivity contribution < 1.29 is 33.8 Å². The van der Waals surface area contributed by atoms with E-state index in [0.29, 0.717) is 137 Å². The Hall–Kier alpha value is -11.3. The van der Waals surface area contributed by atoms with Crippen molar-refractivity contribution in [1.82, 2.24) is 85.6 Å². The number of aromatic nitrogens is 18. The monoisotopic (exact) mass is 1500 g/mol. The van der Waals surface area contributed by atoms with Crippen molar-refractivity contribution in [3.8, 4) is 0 Å². The number of hydrogen-bond acceptors (Lipinski definition) is 16. The predicted molar refractivity (Wildman–Crippen MR) is 405 cm³/mol. The molecule has 15 aromatic heterocycles. The summed E-state index contributed by atoms with van der Waals surface area (Å²) >= 11 is 18.3. The van der Waals surface area contributed by atoms with Crippen molar-refractivity contribution >= 4 is 97.4 Å². The number of imidazole rings is 6. The van der Waals surface area contributed by atoms with Gasteiger partial charge >= 0.3 is 5.97 Å². The number of halogens is 3. The van der Waals surface area contributed by atoms with Crippen LogP contribution in [-0.4, -0.2) is 126 Å². The topological polar surface area (TPSA) is 272 Å². The first-order chi connectivity index (χ1) is 52.2. The molecule has 0 saturated heterocycles. The van der Waals surface area contributed by atoms with Crippen molar-refractivity contribution in [3.05, 3.63) is 266 Å². The van der Waals surface area contributed by atoms with Crippen LogP contribution in [0.15, 0.2) is 167 Å². The van der Waals surface area contributed by atoms with Gasteiger partial charge in [0, 0.05) is 114 Å². The van der Waals surface area contributed by atoms with E-state index in [-0.39, 0.29) is 29.1 Å². The number of esters is 1. The zero-order valence-corrected chi connectivity index (χ0v) is 62.0. The molecule has 0 atom stereocenters. The van der Waals surface area contributed by atoms with Crippen molar-refractivity contribution in [2.45, 2.75) is 148 Å². The Morgan fingerprint density at radius 2 is 0.824 bits per heavy atom. The third-order valence-electron chi connectivity index (χ3n) is 19.9. The quantitative estimate of drug-likeness (QED) is 0.0411. The molecule has 3 aliphatic rings. The molecule has 108 heavy (non-hydrogen) atoms. The number of rotatable bonds is 25. The maximum Gasteiger partial charge on any atom is 0.341 e. The summed E-state index contributed by atoms with van der Waals surface area (Å²) in [6.45, 7) is 8.48. The van der Waals surface area contributed by atoms with E-state index in [1.54, 1.807) is 116 Å². The number of aliphatic hydroxyl groups is 1. The summed E-state index contributed by atoms with van der Waals surface area (Å²) in [7, 11) is 0. The van der Waals surface area contributed by atoms with Crippen LogP contribution in [0.3, 0.4) is 0 Å². The molecule has 0 bridgehead atoms. The Kier molecular flexibility index (Phi) is 19.4. The zero-order valence-electron chi connectivity index (χ0n) is 59.7. The van der Waals surface area contributed by atoms with Gasteiger partial charge in [-0.15, -0.1) is 0 Å². The molecular weight excluding hydrogens is 1430 g/mol. The van der Waals surface area contributed by atoms with Crippen LogP contribution in [0.5, 0.6) is 0 Å². The lowest BCUT2D eigenvalue weighted by Gasteiger charge is -2.19. The second kappa shape index (κ2) is 29.5. The van der Waals surface area contributed by atoms with Gasteiger partial charge in [-0.25, -0.2) is 34.7 Å². The number of aryl methyl sites for hydroxylation is 3. The van der Waals surface area contributed by atoms with Crippen LogP contribution in [-0.2, 0) is 49.2 Å². The minimum absolute atomic E-state index is 0.00220. The highest BCUT2D eigenvalue weighted by Crippen LogP contribution is 2.43. The van der Waals surface area contributed by atoms with Gasteiger partial charge in [-0.2, -0.15) is 15.3 Å². The molecule has 28 heteroatoms. The minimum atomic E-state index is -0.994. The number of ketones is 4. The van der Waals surface area contributed by atoms with Gasteiger partial charge in [-0.1, -0.05) is 34.8 Å². The predicted octanol–water partition coefficient (Wildman–Crippen LogP) is 14.3. The number of carbonyl (C=O) groups is 5. The van der Waals surface area contributed by atoms with E-state index >= 15 is 0 Å². The van der Waals surface area contributed by atoms with Crippen LogP contribution >= 0.6 is 34.8 Å². The summed E-state index contributed by atoms with van der Waals surface area (Å²) in [6, 6.07) is 16.9. The molecular formula is C80H75Cl3N18O7. The van der Waals surface area contributed by atoms with Crippen LogP contribution in [0.2, 0.25) is 15.1 Å². The second-order valence-corrected chi connectivity index (χ2v) is 30.0. The van der Waals surface area contributed by atoms with Gasteiger partial charge in [-0.3, -0.25) is 33.2 Å². The number of Topliss-reactive ketones (excluding diaryl/α,β-unsaturated/α-hetero) is 4. The van der Waals surface area contributed by atoms with Crippen LogP contribution in [0.1, 0.15) is 211 Å². The lowest BCUT2D eigenvalue weighted by molar-refractivity contribution is 0.0527. The van der Waals surface area contributed by atoms with Gasteiger partial charge in [0.05, 0.1) is 142 Å². The molecule has 0 aliphatic heterocycles. The highest BCUT2D eigenvalue weighted by atomic mass is 35.5. The van der Waals surface area contributed by atoms with E-state index in [1.807, 2.05) is 100 Å². The van der Waals surface area contributed by atoms with Gasteiger partial charge in [0.1, 0.15) is 16.9 Å². The van der Waals surface area contributed by atoms with Crippen molar-refractivity contribution in [2.24, 2.45) is 0 Å². The minimum Gasteiger partial charge on any atom is -0.462 e. The first-order valence-corrected chi connectivity index (χ1v) is 37.3. The molecule has 0 radical (unpaired) electrons. The molecule has 18 rings (SSSR count). The summed E-state index contributed by atoms with van der Waals surface area (Å²) in [5.41, 5.74) is 15.7. The van der Waals surface area contributed by atoms with Crippen molar-refractivity contribution in [1.29, 1.82) is 0 Å².